The molecule has 0 aliphatic carbocycles. The molecule has 0 unspecified atom stereocenters. The number of hydrogen-bond donors (Lipinski definition) is 2. The number of aromatic nitrogens is 2. The lowest BCUT2D eigenvalue weighted by molar-refractivity contribution is 0.443. The predicted molar refractivity (Wildman–Crippen MR) is 116 cm³/mol. The molecular formula is C23H25N5O. The highest BCUT2D eigenvalue weighted by Crippen LogP contribution is 2.29. The van der Waals surface area contributed by atoms with Crippen molar-refractivity contribution >= 4 is 11.5 Å². The lowest BCUT2D eigenvalue weighted by Gasteiger charge is -2.21. The fourth-order valence-corrected chi connectivity index (χ4v) is 2.66. The van der Waals surface area contributed by atoms with Crippen molar-refractivity contribution in [3.63, 3.8) is 0 Å². The van der Waals surface area contributed by atoms with Gasteiger partial charge in [-0.15, -0.1) is 0 Å². The molecule has 6 heteroatoms. The van der Waals surface area contributed by atoms with Gasteiger partial charge in [-0.25, -0.2) is 9.97 Å². The van der Waals surface area contributed by atoms with Gasteiger partial charge in [0.2, 0.25) is 5.88 Å². The number of anilines is 2. The first-order chi connectivity index (χ1) is 13.9. The first-order valence-corrected chi connectivity index (χ1v) is 9.45. The second-order valence-electron chi connectivity index (χ2n) is 7.88. The number of rotatable bonds is 6. The largest absolute Gasteiger partial charge is 0.439 e. The molecule has 0 fully saturated rings. The highest BCUT2D eigenvalue weighted by Gasteiger charge is 2.12. The van der Waals surface area contributed by atoms with Gasteiger partial charge in [0.25, 0.3) is 0 Å². The van der Waals surface area contributed by atoms with E-state index >= 15 is 0 Å². The molecule has 0 radical (unpaired) electrons. The average molecular weight is 387 g/mol. The molecular weight excluding hydrogens is 362 g/mol. The standard InChI is InChI=1S/C23H25N5O/c1-23(2,3)15-27-20-10-9-19(28-22(20)25-4)17-6-5-7-18(12-17)29-21-11-8-16(13-24)14-26-21/h5-12,14,27H,15H2,1-4H3,(H,25,28). The fourth-order valence-electron chi connectivity index (χ4n) is 2.66. The van der Waals surface area contributed by atoms with Crippen molar-refractivity contribution in [1.82, 2.24) is 9.97 Å². The molecule has 0 bridgehead atoms. The molecule has 3 aromatic rings. The Balaban J connectivity index is 1.81. The van der Waals surface area contributed by atoms with E-state index in [1.165, 1.54) is 6.20 Å². The van der Waals surface area contributed by atoms with Crippen molar-refractivity contribution in [2.24, 2.45) is 5.41 Å². The summed E-state index contributed by atoms with van der Waals surface area (Å²) in [7, 11) is 1.87. The molecule has 2 N–H and O–H groups in total. The van der Waals surface area contributed by atoms with E-state index in [-0.39, 0.29) is 5.41 Å². The third kappa shape index (κ3) is 5.45. The van der Waals surface area contributed by atoms with Gasteiger partial charge in [0, 0.05) is 31.4 Å². The zero-order valence-electron chi connectivity index (χ0n) is 17.2. The molecule has 0 atom stereocenters. The maximum atomic E-state index is 8.87. The van der Waals surface area contributed by atoms with Crippen LogP contribution in [-0.2, 0) is 0 Å². The van der Waals surface area contributed by atoms with E-state index in [0.29, 0.717) is 17.2 Å². The zero-order chi connectivity index (χ0) is 20.9. The third-order valence-electron chi connectivity index (χ3n) is 4.16. The van der Waals surface area contributed by atoms with Gasteiger partial charge in [-0.2, -0.15) is 5.26 Å². The normalized spacial score (nSPS) is 10.9. The van der Waals surface area contributed by atoms with Crippen LogP contribution in [0.3, 0.4) is 0 Å². The summed E-state index contributed by atoms with van der Waals surface area (Å²) in [4.78, 5) is 8.90. The number of nitrogens with one attached hydrogen (secondary N) is 2. The summed E-state index contributed by atoms with van der Waals surface area (Å²) < 4.78 is 5.82. The molecule has 0 amide bonds. The summed E-state index contributed by atoms with van der Waals surface area (Å²) in [5.41, 5.74) is 3.42. The summed E-state index contributed by atoms with van der Waals surface area (Å²) >= 11 is 0. The molecule has 0 saturated carbocycles. The van der Waals surface area contributed by atoms with Crippen LogP contribution in [-0.4, -0.2) is 23.6 Å². The second-order valence-corrected chi connectivity index (χ2v) is 7.88. The van der Waals surface area contributed by atoms with Crippen LogP contribution >= 0.6 is 0 Å². The van der Waals surface area contributed by atoms with E-state index < -0.39 is 0 Å². The predicted octanol–water partition coefficient (Wildman–Crippen LogP) is 5.31. The van der Waals surface area contributed by atoms with Gasteiger partial charge in [0.05, 0.1) is 16.9 Å². The fraction of sp³-hybridized carbons (Fsp3) is 0.261. The summed E-state index contributed by atoms with van der Waals surface area (Å²) in [6.07, 6.45) is 1.49. The van der Waals surface area contributed by atoms with Crippen LogP contribution in [0.2, 0.25) is 0 Å². The average Bonchev–Trinajstić information content (AvgIpc) is 2.72. The van der Waals surface area contributed by atoms with Gasteiger partial charge in [-0.05, 0) is 35.7 Å². The Kier molecular flexibility index (Phi) is 5.99. The Morgan fingerprint density at radius 3 is 2.59 bits per heavy atom. The van der Waals surface area contributed by atoms with Gasteiger partial charge in [-0.1, -0.05) is 32.9 Å². The molecule has 0 aliphatic rings. The molecule has 1 aromatic carbocycles. The molecule has 0 aliphatic heterocycles. The van der Waals surface area contributed by atoms with E-state index in [9.17, 15) is 0 Å². The van der Waals surface area contributed by atoms with Crippen molar-refractivity contribution in [3.05, 3.63) is 60.3 Å². The number of nitriles is 1. The number of ether oxygens (including phenoxy) is 1. The topological polar surface area (TPSA) is 82.9 Å². The lowest BCUT2D eigenvalue weighted by Crippen LogP contribution is -2.19. The quantitative estimate of drug-likeness (QED) is 0.597. The maximum Gasteiger partial charge on any atom is 0.219 e. The van der Waals surface area contributed by atoms with Crippen molar-refractivity contribution in [2.75, 3.05) is 24.2 Å². The van der Waals surface area contributed by atoms with E-state index in [1.54, 1.807) is 12.1 Å². The van der Waals surface area contributed by atoms with Gasteiger partial charge < -0.3 is 15.4 Å². The molecule has 2 aromatic heterocycles. The van der Waals surface area contributed by atoms with Crippen molar-refractivity contribution in [3.8, 4) is 29.0 Å². The number of pyridine rings is 2. The van der Waals surface area contributed by atoms with Crippen molar-refractivity contribution in [2.45, 2.75) is 20.8 Å². The first kappa shape index (κ1) is 20.2. The lowest BCUT2D eigenvalue weighted by atomic mass is 9.97. The highest BCUT2D eigenvalue weighted by molar-refractivity contribution is 5.71. The summed E-state index contributed by atoms with van der Waals surface area (Å²) in [6, 6.07) is 17.1. The molecule has 2 heterocycles. The molecule has 0 saturated heterocycles. The Morgan fingerprint density at radius 1 is 1.10 bits per heavy atom. The van der Waals surface area contributed by atoms with Gasteiger partial charge >= 0.3 is 0 Å². The van der Waals surface area contributed by atoms with Crippen LogP contribution in [0.5, 0.6) is 11.6 Å². The Labute approximate surface area is 171 Å². The van der Waals surface area contributed by atoms with Crippen LogP contribution in [0.15, 0.2) is 54.7 Å². The van der Waals surface area contributed by atoms with Gasteiger partial charge in [0.1, 0.15) is 17.6 Å². The minimum Gasteiger partial charge on any atom is -0.439 e. The van der Waals surface area contributed by atoms with Crippen LogP contribution in [0.25, 0.3) is 11.3 Å². The van der Waals surface area contributed by atoms with Crippen LogP contribution < -0.4 is 15.4 Å². The van der Waals surface area contributed by atoms with Crippen LogP contribution in [0, 0.1) is 16.7 Å². The number of hydrogen-bond acceptors (Lipinski definition) is 6. The van der Waals surface area contributed by atoms with Crippen LogP contribution in [0.1, 0.15) is 26.3 Å². The molecule has 0 spiro atoms. The maximum absolute atomic E-state index is 8.87. The van der Waals surface area contributed by atoms with Gasteiger partial charge in [-0.3, -0.25) is 0 Å². The molecule has 6 nitrogen and oxygen atoms in total. The summed E-state index contributed by atoms with van der Waals surface area (Å²) in [5, 5.41) is 15.5. The van der Waals surface area contributed by atoms with Crippen molar-refractivity contribution < 1.29 is 4.74 Å². The SMILES string of the molecule is CNc1nc(-c2cccc(Oc3ccc(C#N)cn3)c2)ccc1NCC(C)(C)C. The van der Waals surface area contributed by atoms with Gasteiger partial charge in [0.15, 0.2) is 0 Å². The smallest absolute Gasteiger partial charge is 0.219 e. The Bertz CT molecular complexity index is 1020. The minimum atomic E-state index is 0.175. The Hall–Kier alpha value is -3.59. The van der Waals surface area contributed by atoms with E-state index in [0.717, 1.165) is 29.3 Å². The third-order valence-corrected chi connectivity index (χ3v) is 4.16. The van der Waals surface area contributed by atoms with Crippen molar-refractivity contribution in [1.29, 1.82) is 5.26 Å². The monoisotopic (exact) mass is 387 g/mol. The molecule has 148 valence electrons. The zero-order valence-corrected chi connectivity index (χ0v) is 17.2. The van der Waals surface area contributed by atoms with E-state index in [4.69, 9.17) is 15.0 Å². The van der Waals surface area contributed by atoms with E-state index in [2.05, 4.69) is 36.4 Å². The molecule has 29 heavy (non-hydrogen) atoms. The second kappa shape index (κ2) is 8.61. The Morgan fingerprint density at radius 2 is 1.93 bits per heavy atom. The molecule has 3 rings (SSSR count). The van der Waals surface area contributed by atoms with Crippen LogP contribution in [0.4, 0.5) is 11.5 Å². The number of benzene rings is 1. The summed E-state index contributed by atoms with van der Waals surface area (Å²) in [5.74, 6) is 1.89. The summed E-state index contributed by atoms with van der Waals surface area (Å²) in [6.45, 7) is 7.42. The minimum absolute atomic E-state index is 0.175. The van der Waals surface area contributed by atoms with E-state index in [1.807, 2.05) is 49.5 Å². The number of nitrogens with zero attached hydrogens (tertiary/aromatic N) is 3. The highest BCUT2D eigenvalue weighted by atomic mass is 16.5. The first-order valence-electron chi connectivity index (χ1n) is 9.45.